The minimum absolute atomic E-state index is 0.150. The van der Waals surface area contributed by atoms with E-state index in [1.165, 1.54) is 24.3 Å². The number of nitrogens with one attached hydrogen (secondary N) is 2. The molecule has 1 aromatic rings. The first-order valence-electron chi connectivity index (χ1n) is 5.64. The van der Waals surface area contributed by atoms with E-state index in [4.69, 9.17) is 5.73 Å². The molecule has 94 valence electrons. The summed E-state index contributed by atoms with van der Waals surface area (Å²) in [6.07, 6.45) is 1.71. The molecular formula is C12H18FN3O. The molecule has 1 atom stereocenters. The molecule has 0 heterocycles. The lowest BCUT2D eigenvalue weighted by Gasteiger charge is -2.08. The summed E-state index contributed by atoms with van der Waals surface area (Å²) in [5, 5.41) is 5.31. The molecule has 2 amide bonds. The monoisotopic (exact) mass is 239 g/mol. The van der Waals surface area contributed by atoms with Crippen molar-refractivity contribution in [2.24, 2.45) is 5.73 Å². The number of rotatable bonds is 5. The van der Waals surface area contributed by atoms with Crippen molar-refractivity contribution >= 4 is 11.7 Å². The Morgan fingerprint density at radius 3 is 2.65 bits per heavy atom. The van der Waals surface area contributed by atoms with E-state index in [0.717, 1.165) is 12.8 Å². The fraction of sp³-hybridized carbons (Fsp3) is 0.417. The summed E-state index contributed by atoms with van der Waals surface area (Å²) in [5.41, 5.74) is 6.15. The van der Waals surface area contributed by atoms with Gasteiger partial charge in [-0.25, -0.2) is 9.18 Å². The number of anilines is 1. The zero-order valence-electron chi connectivity index (χ0n) is 9.87. The Labute approximate surface area is 100 Å². The molecular weight excluding hydrogens is 221 g/mol. The minimum Gasteiger partial charge on any atom is -0.338 e. The highest BCUT2D eigenvalue weighted by Gasteiger charge is 2.01. The van der Waals surface area contributed by atoms with Gasteiger partial charge in [-0.2, -0.15) is 0 Å². The molecule has 5 heteroatoms. The van der Waals surface area contributed by atoms with Crippen molar-refractivity contribution in [1.82, 2.24) is 5.32 Å². The van der Waals surface area contributed by atoms with Gasteiger partial charge in [-0.1, -0.05) is 0 Å². The Kier molecular flexibility index (Phi) is 5.42. The van der Waals surface area contributed by atoms with E-state index in [1.54, 1.807) is 0 Å². The summed E-state index contributed by atoms with van der Waals surface area (Å²) in [6, 6.07) is 5.48. The molecule has 0 aliphatic heterocycles. The number of hydrogen-bond donors (Lipinski definition) is 3. The normalized spacial score (nSPS) is 11.9. The quantitative estimate of drug-likeness (QED) is 0.689. The summed E-state index contributed by atoms with van der Waals surface area (Å²) in [4.78, 5) is 11.4. The van der Waals surface area contributed by atoms with E-state index < -0.39 is 0 Å². The van der Waals surface area contributed by atoms with E-state index in [-0.39, 0.29) is 17.9 Å². The number of carbonyl (C=O) groups excluding carboxylic acids is 1. The zero-order valence-corrected chi connectivity index (χ0v) is 9.87. The van der Waals surface area contributed by atoms with Crippen molar-refractivity contribution in [2.75, 3.05) is 11.9 Å². The third kappa shape index (κ3) is 5.87. The first-order valence-corrected chi connectivity index (χ1v) is 5.64. The van der Waals surface area contributed by atoms with Gasteiger partial charge in [-0.3, -0.25) is 0 Å². The Morgan fingerprint density at radius 2 is 2.06 bits per heavy atom. The zero-order chi connectivity index (χ0) is 12.7. The highest BCUT2D eigenvalue weighted by molar-refractivity contribution is 5.89. The van der Waals surface area contributed by atoms with Gasteiger partial charge in [-0.05, 0) is 44.0 Å². The lowest BCUT2D eigenvalue weighted by molar-refractivity contribution is 0.252. The molecule has 0 aliphatic carbocycles. The minimum atomic E-state index is -0.326. The largest absolute Gasteiger partial charge is 0.338 e. The van der Waals surface area contributed by atoms with E-state index in [1.807, 2.05) is 6.92 Å². The molecule has 0 saturated carbocycles. The van der Waals surface area contributed by atoms with Crippen LogP contribution in [0.1, 0.15) is 19.8 Å². The van der Waals surface area contributed by atoms with Gasteiger partial charge in [0.15, 0.2) is 0 Å². The summed E-state index contributed by atoms with van der Waals surface area (Å²) in [5.74, 6) is -0.326. The number of benzene rings is 1. The Hall–Kier alpha value is -1.62. The number of urea groups is 1. The van der Waals surface area contributed by atoms with Gasteiger partial charge < -0.3 is 16.4 Å². The van der Waals surface area contributed by atoms with Crippen LogP contribution in [0.4, 0.5) is 14.9 Å². The number of carbonyl (C=O) groups is 1. The van der Waals surface area contributed by atoms with E-state index in [2.05, 4.69) is 10.6 Å². The van der Waals surface area contributed by atoms with Crippen LogP contribution in [-0.4, -0.2) is 18.6 Å². The second-order valence-corrected chi connectivity index (χ2v) is 4.01. The molecule has 0 aromatic heterocycles. The highest BCUT2D eigenvalue weighted by Crippen LogP contribution is 2.07. The first kappa shape index (κ1) is 13.4. The summed E-state index contributed by atoms with van der Waals surface area (Å²) >= 11 is 0. The van der Waals surface area contributed by atoms with Crippen LogP contribution in [0.2, 0.25) is 0 Å². The average molecular weight is 239 g/mol. The standard InChI is InChI=1S/C12H18FN3O/c1-9(14)3-2-8-15-12(17)16-11-6-4-10(13)5-7-11/h4-7,9H,2-3,8,14H2,1H3,(H2,15,16,17). The Bertz CT molecular complexity index is 351. The maximum atomic E-state index is 12.6. The highest BCUT2D eigenvalue weighted by atomic mass is 19.1. The SMILES string of the molecule is CC(N)CCCNC(=O)Nc1ccc(F)cc1. The van der Waals surface area contributed by atoms with Gasteiger partial charge in [0.2, 0.25) is 0 Å². The maximum Gasteiger partial charge on any atom is 0.319 e. The Morgan fingerprint density at radius 1 is 1.41 bits per heavy atom. The van der Waals surface area contributed by atoms with Crippen molar-refractivity contribution in [3.05, 3.63) is 30.1 Å². The van der Waals surface area contributed by atoms with Crippen LogP contribution in [0.25, 0.3) is 0 Å². The van der Waals surface area contributed by atoms with Crippen molar-refractivity contribution in [2.45, 2.75) is 25.8 Å². The van der Waals surface area contributed by atoms with E-state index in [9.17, 15) is 9.18 Å². The molecule has 0 saturated heterocycles. The number of hydrogen-bond acceptors (Lipinski definition) is 2. The van der Waals surface area contributed by atoms with Crippen molar-refractivity contribution in [3.63, 3.8) is 0 Å². The van der Waals surface area contributed by atoms with Crippen LogP contribution in [0, 0.1) is 5.82 Å². The molecule has 0 bridgehead atoms. The van der Waals surface area contributed by atoms with Gasteiger partial charge >= 0.3 is 6.03 Å². The van der Waals surface area contributed by atoms with Crippen molar-refractivity contribution < 1.29 is 9.18 Å². The lowest BCUT2D eigenvalue weighted by atomic mass is 10.2. The molecule has 4 nitrogen and oxygen atoms in total. The first-order chi connectivity index (χ1) is 8.08. The maximum absolute atomic E-state index is 12.6. The van der Waals surface area contributed by atoms with Crippen molar-refractivity contribution in [3.8, 4) is 0 Å². The van der Waals surface area contributed by atoms with Gasteiger partial charge in [0.1, 0.15) is 5.82 Å². The molecule has 1 aromatic carbocycles. The number of halogens is 1. The molecule has 4 N–H and O–H groups in total. The molecule has 0 radical (unpaired) electrons. The predicted molar refractivity (Wildman–Crippen MR) is 66.3 cm³/mol. The summed E-state index contributed by atoms with van der Waals surface area (Å²) < 4.78 is 12.6. The van der Waals surface area contributed by atoms with Crippen LogP contribution >= 0.6 is 0 Å². The van der Waals surface area contributed by atoms with Crippen LogP contribution in [0.15, 0.2) is 24.3 Å². The molecule has 0 fully saturated rings. The van der Waals surface area contributed by atoms with E-state index >= 15 is 0 Å². The molecule has 17 heavy (non-hydrogen) atoms. The van der Waals surface area contributed by atoms with Crippen LogP contribution in [-0.2, 0) is 0 Å². The third-order valence-corrected chi connectivity index (χ3v) is 2.22. The fourth-order valence-corrected chi connectivity index (χ4v) is 1.33. The lowest BCUT2D eigenvalue weighted by Crippen LogP contribution is -2.30. The van der Waals surface area contributed by atoms with Crippen molar-refractivity contribution in [1.29, 1.82) is 0 Å². The van der Waals surface area contributed by atoms with Gasteiger partial charge in [-0.15, -0.1) is 0 Å². The second kappa shape index (κ2) is 6.85. The van der Waals surface area contributed by atoms with E-state index in [0.29, 0.717) is 12.2 Å². The molecule has 1 rings (SSSR count). The number of amides is 2. The van der Waals surface area contributed by atoms with Gasteiger partial charge in [0.25, 0.3) is 0 Å². The van der Waals surface area contributed by atoms with Crippen LogP contribution in [0.5, 0.6) is 0 Å². The van der Waals surface area contributed by atoms with Gasteiger partial charge in [0, 0.05) is 18.3 Å². The Balaban J connectivity index is 2.23. The second-order valence-electron chi connectivity index (χ2n) is 4.01. The third-order valence-electron chi connectivity index (χ3n) is 2.22. The predicted octanol–water partition coefficient (Wildman–Crippen LogP) is 2.07. The summed E-state index contributed by atoms with van der Waals surface area (Å²) in [7, 11) is 0. The van der Waals surface area contributed by atoms with Crippen LogP contribution in [0.3, 0.4) is 0 Å². The molecule has 1 unspecified atom stereocenters. The molecule has 0 spiro atoms. The van der Waals surface area contributed by atoms with Gasteiger partial charge in [0.05, 0.1) is 0 Å². The topological polar surface area (TPSA) is 67.1 Å². The fourth-order valence-electron chi connectivity index (χ4n) is 1.33. The van der Waals surface area contributed by atoms with Crippen LogP contribution < -0.4 is 16.4 Å². The summed E-state index contributed by atoms with van der Waals surface area (Å²) in [6.45, 7) is 2.51. The smallest absolute Gasteiger partial charge is 0.319 e. The average Bonchev–Trinajstić information content (AvgIpc) is 2.27. The number of nitrogens with two attached hydrogens (primary N) is 1. The molecule has 0 aliphatic rings.